The summed E-state index contributed by atoms with van der Waals surface area (Å²) in [6.07, 6.45) is -0.632. The van der Waals surface area contributed by atoms with Gasteiger partial charge in [-0.1, -0.05) is 42.5 Å². The highest BCUT2D eigenvalue weighted by Crippen LogP contribution is 2.42. The molecule has 2 atom stereocenters. The molecule has 1 amide bonds. The molecule has 0 aromatic heterocycles. The second-order valence-electron chi connectivity index (χ2n) is 5.76. The molecular weight excluding hydrogens is 354 g/mol. The zero-order chi connectivity index (χ0) is 18.5. The third-order valence-corrected chi connectivity index (χ3v) is 5.43. The number of amides is 1. The molecule has 1 N–H and O–H groups in total. The standard InChI is InChI=1S/C19H19NO5S/c1-24-15-9-7-14(8-10-15)17-20(16(12-26-17)18(21)22)19(23)25-11-13-5-3-2-4-6-13/h2-10,16-17H,11-12H2,1H3,(H,21,22)/t16?,17-/m1/s1. The molecule has 0 bridgehead atoms. The van der Waals surface area contributed by atoms with E-state index in [0.717, 1.165) is 11.1 Å². The Kier molecular flexibility index (Phi) is 5.68. The average molecular weight is 373 g/mol. The van der Waals surface area contributed by atoms with Crippen LogP contribution in [0.4, 0.5) is 4.79 Å². The van der Waals surface area contributed by atoms with Gasteiger partial charge in [0.15, 0.2) is 0 Å². The lowest BCUT2D eigenvalue weighted by atomic mass is 10.2. The minimum Gasteiger partial charge on any atom is -0.497 e. The number of carbonyl (C=O) groups excluding carboxylic acids is 1. The van der Waals surface area contributed by atoms with Gasteiger partial charge < -0.3 is 14.6 Å². The van der Waals surface area contributed by atoms with Crippen molar-refractivity contribution >= 4 is 23.8 Å². The third-order valence-electron chi connectivity index (χ3n) is 4.10. The van der Waals surface area contributed by atoms with E-state index in [1.165, 1.54) is 16.7 Å². The summed E-state index contributed by atoms with van der Waals surface area (Å²) in [7, 11) is 1.58. The lowest BCUT2D eigenvalue weighted by Crippen LogP contribution is -2.43. The molecule has 6 nitrogen and oxygen atoms in total. The van der Waals surface area contributed by atoms with Crippen LogP contribution in [0, 0.1) is 0 Å². The van der Waals surface area contributed by atoms with Crippen LogP contribution in [0.5, 0.6) is 5.75 Å². The quantitative estimate of drug-likeness (QED) is 0.864. The van der Waals surface area contributed by atoms with E-state index in [0.29, 0.717) is 11.5 Å². The summed E-state index contributed by atoms with van der Waals surface area (Å²) in [4.78, 5) is 25.5. The maximum Gasteiger partial charge on any atom is 0.412 e. The van der Waals surface area contributed by atoms with Crippen molar-refractivity contribution in [1.29, 1.82) is 0 Å². The van der Waals surface area contributed by atoms with Crippen LogP contribution in [0.2, 0.25) is 0 Å². The van der Waals surface area contributed by atoms with Crippen molar-refractivity contribution in [3.63, 3.8) is 0 Å². The number of carboxylic acids is 1. The van der Waals surface area contributed by atoms with Crippen LogP contribution in [0.25, 0.3) is 0 Å². The summed E-state index contributed by atoms with van der Waals surface area (Å²) in [5, 5.41) is 9.07. The lowest BCUT2D eigenvalue weighted by molar-refractivity contribution is -0.141. The first kappa shape index (κ1) is 18.1. The van der Waals surface area contributed by atoms with Gasteiger partial charge in [-0.05, 0) is 23.3 Å². The molecule has 1 heterocycles. The number of carbonyl (C=O) groups is 2. The Labute approximate surface area is 155 Å². The van der Waals surface area contributed by atoms with E-state index in [-0.39, 0.29) is 6.61 Å². The molecule has 3 rings (SSSR count). The summed E-state index contributed by atoms with van der Waals surface area (Å²) in [5.41, 5.74) is 1.68. The average Bonchev–Trinajstić information content (AvgIpc) is 3.12. The number of methoxy groups -OCH3 is 1. The topological polar surface area (TPSA) is 76.1 Å². The van der Waals surface area contributed by atoms with Gasteiger partial charge in [0.25, 0.3) is 0 Å². The molecule has 1 aliphatic heterocycles. The molecule has 0 spiro atoms. The highest BCUT2D eigenvalue weighted by molar-refractivity contribution is 7.99. The Morgan fingerprint density at radius 3 is 2.46 bits per heavy atom. The van der Waals surface area contributed by atoms with Crippen LogP contribution in [0.1, 0.15) is 16.5 Å². The van der Waals surface area contributed by atoms with Crippen molar-refractivity contribution in [3.8, 4) is 5.75 Å². The second-order valence-corrected chi connectivity index (χ2v) is 6.87. The highest BCUT2D eigenvalue weighted by Gasteiger charge is 2.43. The van der Waals surface area contributed by atoms with Gasteiger partial charge >= 0.3 is 12.1 Å². The van der Waals surface area contributed by atoms with Gasteiger partial charge in [-0.25, -0.2) is 9.59 Å². The number of nitrogens with zero attached hydrogens (tertiary/aromatic N) is 1. The SMILES string of the molecule is COc1ccc([C@H]2SCC(C(=O)O)N2C(=O)OCc2ccccc2)cc1. The molecule has 136 valence electrons. The first-order valence-corrected chi connectivity index (χ1v) is 9.12. The first-order valence-electron chi connectivity index (χ1n) is 8.07. The molecule has 2 aromatic rings. The molecule has 7 heteroatoms. The smallest absolute Gasteiger partial charge is 0.412 e. The van der Waals surface area contributed by atoms with Crippen molar-refractivity contribution in [2.75, 3.05) is 12.9 Å². The fraction of sp³-hybridized carbons (Fsp3) is 0.263. The molecule has 1 fully saturated rings. The third kappa shape index (κ3) is 3.94. The van der Waals surface area contributed by atoms with E-state index in [4.69, 9.17) is 9.47 Å². The Balaban J connectivity index is 1.77. The fourth-order valence-electron chi connectivity index (χ4n) is 2.74. The van der Waals surface area contributed by atoms with Gasteiger partial charge in [-0.2, -0.15) is 0 Å². The monoisotopic (exact) mass is 373 g/mol. The molecule has 1 unspecified atom stereocenters. The Hall–Kier alpha value is -2.67. The molecule has 0 aliphatic carbocycles. The second kappa shape index (κ2) is 8.14. The molecule has 26 heavy (non-hydrogen) atoms. The number of thioether (sulfide) groups is 1. The number of hydrogen-bond acceptors (Lipinski definition) is 5. The van der Waals surface area contributed by atoms with Gasteiger partial charge in [0.1, 0.15) is 23.8 Å². The predicted octanol–water partition coefficient (Wildman–Crippen LogP) is 3.53. The number of aliphatic carboxylic acids is 1. The van der Waals surface area contributed by atoms with Crippen LogP contribution in [0.15, 0.2) is 54.6 Å². The summed E-state index contributed by atoms with van der Waals surface area (Å²) in [6, 6.07) is 15.6. The van der Waals surface area contributed by atoms with Crippen molar-refractivity contribution in [2.45, 2.75) is 18.0 Å². The van der Waals surface area contributed by atoms with Crippen molar-refractivity contribution < 1.29 is 24.2 Å². The minimum atomic E-state index is -1.04. The zero-order valence-electron chi connectivity index (χ0n) is 14.2. The molecule has 1 saturated heterocycles. The summed E-state index contributed by atoms with van der Waals surface area (Å²) >= 11 is 1.41. The van der Waals surface area contributed by atoms with Crippen LogP contribution < -0.4 is 4.74 Å². The first-order chi connectivity index (χ1) is 12.6. The number of ether oxygens (including phenoxy) is 2. The van der Waals surface area contributed by atoms with Crippen molar-refractivity contribution in [2.24, 2.45) is 0 Å². The Morgan fingerprint density at radius 1 is 1.15 bits per heavy atom. The highest BCUT2D eigenvalue weighted by atomic mass is 32.2. The van der Waals surface area contributed by atoms with Crippen molar-refractivity contribution in [1.82, 2.24) is 4.90 Å². The number of benzene rings is 2. The summed E-state index contributed by atoms with van der Waals surface area (Å²) in [6.45, 7) is 0.0997. The number of carboxylic acid groups (broad SMARTS) is 1. The van der Waals surface area contributed by atoms with Crippen LogP contribution >= 0.6 is 11.8 Å². The van der Waals surface area contributed by atoms with Gasteiger partial charge in [0.2, 0.25) is 0 Å². The van der Waals surface area contributed by atoms with Gasteiger partial charge in [-0.3, -0.25) is 4.90 Å². The zero-order valence-corrected chi connectivity index (χ0v) is 15.0. The van der Waals surface area contributed by atoms with E-state index in [2.05, 4.69) is 0 Å². The largest absolute Gasteiger partial charge is 0.497 e. The van der Waals surface area contributed by atoms with Crippen molar-refractivity contribution in [3.05, 3.63) is 65.7 Å². The van der Waals surface area contributed by atoms with E-state index in [9.17, 15) is 14.7 Å². The predicted molar refractivity (Wildman–Crippen MR) is 98.1 cm³/mol. The molecule has 0 radical (unpaired) electrons. The van der Waals surface area contributed by atoms with Crippen LogP contribution in [0.3, 0.4) is 0 Å². The van der Waals surface area contributed by atoms with Crippen LogP contribution in [-0.2, 0) is 16.1 Å². The Bertz CT molecular complexity index is 765. The van der Waals surface area contributed by atoms with Gasteiger partial charge in [-0.15, -0.1) is 11.8 Å². The van der Waals surface area contributed by atoms with Gasteiger partial charge in [0, 0.05) is 5.75 Å². The molecule has 2 aromatic carbocycles. The summed E-state index contributed by atoms with van der Waals surface area (Å²) in [5.74, 6) is -0.0261. The van der Waals surface area contributed by atoms with Crippen LogP contribution in [-0.4, -0.2) is 41.0 Å². The molecule has 1 aliphatic rings. The van der Waals surface area contributed by atoms with Gasteiger partial charge in [0.05, 0.1) is 7.11 Å². The molecule has 0 saturated carbocycles. The van der Waals surface area contributed by atoms with E-state index < -0.39 is 23.5 Å². The lowest BCUT2D eigenvalue weighted by Gasteiger charge is -2.26. The molecular formula is C19H19NO5S. The van der Waals surface area contributed by atoms with E-state index in [1.807, 2.05) is 42.5 Å². The number of rotatable bonds is 5. The van der Waals surface area contributed by atoms with E-state index in [1.54, 1.807) is 19.2 Å². The summed E-state index contributed by atoms with van der Waals surface area (Å²) < 4.78 is 10.5. The Morgan fingerprint density at radius 2 is 1.85 bits per heavy atom. The maximum absolute atomic E-state index is 12.6. The minimum absolute atomic E-state index is 0.0997. The maximum atomic E-state index is 12.6. The number of hydrogen-bond donors (Lipinski definition) is 1. The fourth-order valence-corrected chi connectivity index (χ4v) is 4.15. The normalized spacial score (nSPS) is 19.2. The van der Waals surface area contributed by atoms with E-state index >= 15 is 0 Å².